The van der Waals surface area contributed by atoms with Crippen molar-refractivity contribution in [1.29, 1.82) is 0 Å². The molecule has 0 bridgehead atoms. The van der Waals surface area contributed by atoms with Crippen LogP contribution in [0.15, 0.2) is 48.5 Å². The topological polar surface area (TPSA) is 63.6 Å². The van der Waals surface area contributed by atoms with Gasteiger partial charge in [-0.25, -0.2) is 0 Å². The minimum absolute atomic E-state index is 0.125. The van der Waals surface area contributed by atoms with Gasteiger partial charge in [-0.2, -0.15) is 0 Å². The number of hydrogen-bond acceptors (Lipinski definition) is 4. The molecule has 21 heavy (non-hydrogen) atoms. The summed E-state index contributed by atoms with van der Waals surface area (Å²) in [6, 6.07) is 13.3. The first-order chi connectivity index (χ1) is 10.2. The first kappa shape index (κ1) is 16.9. The summed E-state index contributed by atoms with van der Waals surface area (Å²) < 4.78 is 5.29. The Bertz CT molecular complexity index is 584. The molecule has 5 heteroatoms. The van der Waals surface area contributed by atoms with Crippen LogP contribution in [0.1, 0.15) is 20.7 Å². The van der Waals surface area contributed by atoms with Crippen LogP contribution in [-0.2, 0) is 0 Å². The molecule has 110 valence electrons. The summed E-state index contributed by atoms with van der Waals surface area (Å²) in [4.78, 5) is 20.4. The quantitative estimate of drug-likeness (QED) is 0.662. The lowest BCUT2D eigenvalue weighted by molar-refractivity contribution is 0.111. The molecule has 2 aromatic rings. The smallest absolute Gasteiger partial charge is 0.150 e. The standard InChI is InChI=1S/C9H9BrO2.C7H6O2/c10-4-5-12-9-3-1-2-8(6-9)7-11;8-5-6-2-1-3-7(9)4-6/h1-3,6-7H,4-5H2;1-5,9H. The molecule has 0 amide bonds. The summed E-state index contributed by atoms with van der Waals surface area (Å²) in [5.41, 5.74) is 1.14. The van der Waals surface area contributed by atoms with Crippen LogP contribution in [0.4, 0.5) is 0 Å². The van der Waals surface area contributed by atoms with Crippen LogP contribution in [0.5, 0.6) is 11.5 Å². The van der Waals surface area contributed by atoms with Crippen molar-refractivity contribution in [3.8, 4) is 11.5 Å². The zero-order chi connectivity index (χ0) is 15.5. The Kier molecular flexibility index (Phi) is 7.82. The fraction of sp³-hybridized carbons (Fsp3) is 0.125. The molecule has 0 aliphatic heterocycles. The van der Waals surface area contributed by atoms with Crippen LogP contribution in [-0.4, -0.2) is 29.6 Å². The Morgan fingerprint density at radius 2 is 1.62 bits per heavy atom. The van der Waals surface area contributed by atoms with Crippen molar-refractivity contribution >= 4 is 28.5 Å². The summed E-state index contributed by atoms with van der Waals surface area (Å²) in [5, 5.41) is 9.58. The van der Waals surface area contributed by atoms with Gasteiger partial charge in [-0.15, -0.1) is 0 Å². The van der Waals surface area contributed by atoms with Crippen molar-refractivity contribution in [2.75, 3.05) is 11.9 Å². The molecule has 0 spiro atoms. The highest BCUT2D eigenvalue weighted by atomic mass is 79.9. The lowest BCUT2D eigenvalue weighted by Crippen LogP contribution is -1.97. The monoisotopic (exact) mass is 350 g/mol. The molecule has 2 rings (SSSR count). The van der Waals surface area contributed by atoms with Gasteiger partial charge in [0.05, 0.1) is 6.61 Å². The van der Waals surface area contributed by atoms with Gasteiger partial charge >= 0.3 is 0 Å². The first-order valence-electron chi connectivity index (χ1n) is 6.18. The number of aromatic hydroxyl groups is 1. The number of alkyl halides is 1. The van der Waals surface area contributed by atoms with Crippen molar-refractivity contribution in [1.82, 2.24) is 0 Å². The maximum Gasteiger partial charge on any atom is 0.150 e. The van der Waals surface area contributed by atoms with Gasteiger partial charge in [-0.3, -0.25) is 9.59 Å². The molecule has 0 aliphatic rings. The molecular weight excluding hydrogens is 336 g/mol. The van der Waals surface area contributed by atoms with Crippen molar-refractivity contribution in [3.63, 3.8) is 0 Å². The number of carbonyl (C=O) groups excluding carboxylic acids is 2. The SMILES string of the molecule is O=Cc1cccc(O)c1.O=Cc1cccc(OCCBr)c1. The number of benzene rings is 2. The highest BCUT2D eigenvalue weighted by molar-refractivity contribution is 9.09. The van der Waals surface area contributed by atoms with Crippen LogP contribution < -0.4 is 4.74 Å². The van der Waals surface area contributed by atoms with E-state index < -0.39 is 0 Å². The second kappa shape index (κ2) is 9.72. The Morgan fingerprint density at radius 3 is 2.14 bits per heavy atom. The Balaban J connectivity index is 0.000000219. The van der Waals surface area contributed by atoms with E-state index in [9.17, 15) is 9.59 Å². The molecule has 0 unspecified atom stereocenters. The predicted molar refractivity (Wildman–Crippen MR) is 84.6 cm³/mol. The van der Waals surface area contributed by atoms with Crippen LogP contribution >= 0.6 is 15.9 Å². The van der Waals surface area contributed by atoms with E-state index in [0.29, 0.717) is 24.0 Å². The van der Waals surface area contributed by atoms with E-state index in [1.54, 1.807) is 30.3 Å². The lowest BCUT2D eigenvalue weighted by Gasteiger charge is -2.02. The van der Waals surface area contributed by atoms with Gasteiger partial charge in [0.25, 0.3) is 0 Å². The van der Waals surface area contributed by atoms with Gasteiger partial charge < -0.3 is 9.84 Å². The van der Waals surface area contributed by atoms with E-state index in [-0.39, 0.29) is 5.75 Å². The second-order valence-corrected chi connectivity index (χ2v) is 4.73. The van der Waals surface area contributed by atoms with Crippen molar-refractivity contribution in [3.05, 3.63) is 59.7 Å². The van der Waals surface area contributed by atoms with Gasteiger partial charge in [0.15, 0.2) is 0 Å². The Hall–Kier alpha value is -2.14. The van der Waals surface area contributed by atoms with Crippen LogP contribution in [0, 0.1) is 0 Å². The van der Waals surface area contributed by atoms with Crippen LogP contribution in [0.25, 0.3) is 0 Å². The zero-order valence-corrected chi connectivity index (χ0v) is 12.8. The summed E-state index contributed by atoms with van der Waals surface area (Å²) in [6.07, 6.45) is 1.50. The molecule has 0 heterocycles. The number of ether oxygens (including phenoxy) is 1. The largest absolute Gasteiger partial charge is 0.508 e. The average molecular weight is 351 g/mol. The van der Waals surface area contributed by atoms with E-state index >= 15 is 0 Å². The van der Waals surface area contributed by atoms with Gasteiger partial charge in [0, 0.05) is 16.5 Å². The first-order valence-corrected chi connectivity index (χ1v) is 7.30. The summed E-state index contributed by atoms with van der Waals surface area (Å²) >= 11 is 3.25. The third-order valence-corrected chi connectivity index (χ3v) is 2.67. The minimum Gasteiger partial charge on any atom is -0.508 e. The third-order valence-electron chi connectivity index (χ3n) is 2.35. The number of hydrogen-bond donors (Lipinski definition) is 1. The lowest BCUT2D eigenvalue weighted by atomic mass is 10.2. The number of halogens is 1. The molecule has 4 nitrogen and oxygen atoms in total. The van der Waals surface area contributed by atoms with Crippen molar-refractivity contribution in [2.45, 2.75) is 0 Å². The third kappa shape index (κ3) is 6.72. The molecule has 0 saturated carbocycles. The van der Waals surface area contributed by atoms with Crippen molar-refractivity contribution in [2.24, 2.45) is 0 Å². The molecule has 1 N–H and O–H groups in total. The highest BCUT2D eigenvalue weighted by Gasteiger charge is 1.94. The maximum absolute atomic E-state index is 10.4. The zero-order valence-electron chi connectivity index (χ0n) is 11.2. The van der Waals surface area contributed by atoms with E-state index in [4.69, 9.17) is 9.84 Å². The fourth-order valence-corrected chi connectivity index (χ4v) is 1.59. The van der Waals surface area contributed by atoms with Gasteiger partial charge in [0.2, 0.25) is 0 Å². The van der Waals surface area contributed by atoms with Crippen LogP contribution in [0.2, 0.25) is 0 Å². The van der Waals surface area contributed by atoms with E-state index in [0.717, 1.165) is 17.4 Å². The van der Waals surface area contributed by atoms with E-state index in [2.05, 4.69) is 15.9 Å². The summed E-state index contributed by atoms with van der Waals surface area (Å²) in [7, 11) is 0. The number of phenols is 1. The normalized spacial score (nSPS) is 9.19. The predicted octanol–water partition coefficient (Wildman–Crippen LogP) is 3.48. The number of aldehydes is 2. The molecule has 2 aromatic carbocycles. The van der Waals surface area contributed by atoms with Gasteiger partial charge in [0.1, 0.15) is 24.1 Å². The Morgan fingerprint density at radius 1 is 1.00 bits per heavy atom. The van der Waals surface area contributed by atoms with Gasteiger partial charge in [-0.05, 0) is 24.3 Å². The number of phenolic OH excluding ortho intramolecular Hbond substituents is 1. The average Bonchev–Trinajstić information content (AvgIpc) is 2.53. The van der Waals surface area contributed by atoms with E-state index in [1.807, 2.05) is 6.07 Å². The van der Waals surface area contributed by atoms with E-state index in [1.165, 1.54) is 12.1 Å². The molecule has 0 radical (unpaired) electrons. The highest BCUT2D eigenvalue weighted by Crippen LogP contribution is 2.11. The molecule has 0 aromatic heterocycles. The fourth-order valence-electron chi connectivity index (χ4n) is 1.43. The van der Waals surface area contributed by atoms with Gasteiger partial charge in [-0.1, -0.05) is 40.2 Å². The number of carbonyl (C=O) groups is 2. The molecule has 0 aliphatic carbocycles. The summed E-state index contributed by atoms with van der Waals surface area (Å²) in [5.74, 6) is 0.860. The maximum atomic E-state index is 10.4. The van der Waals surface area contributed by atoms with Crippen molar-refractivity contribution < 1.29 is 19.4 Å². The molecular formula is C16H15BrO4. The van der Waals surface area contributed by atoms with Crippen LogP contribution in [0.3, 0.4) is 0 Å². The molecule has 0 atom stereocenters. The number of rotatable bonds is 5. The Labute approximate surface area is 131 Å². The second-order valence-electron chi connectivity index (χ2n) is 3.94. The molecule has 0 saturated heterocycles. The summed E-state index contributed by atoms with van der Waals surface area (Å²) in [6.45, 7) is 0.613. The molecule has 0 fully saturated rings. The minimum atomic E-state index is 0.125.